The van der Waals surface area contributed by atoms with Crippen molar-refractivity contribution in [3.05, 3.63) is 56.4 Å². The second kappa shape index (κ2) is 53.7. The number of carbonyl (C=O) groups is 4. The van der Waals surface area contributed by atoms with Gasteiger partial charge >= 0.3 is 33.0 Å². The Morgan fingerprint density at radius 2 is 0.429 bits per heavy atom. The van der Waals surface area contributed by atoms with Gasteiger partial charge in [0.05, 0.1) is 23.9 Å². The molecule has 0 fully saturated rings. The van der Waals surface area contributed by atoms with Crippen LogP contribution in [0, 0.1) is 9.93 Å². The van der Waals surface area contributed by atoms with E-state index in [0.717, 1.165) is 24.3 Å². The number of rotatable bonds is 4. The van der Waals surface area contributed by atoms with Crippen molar-refractivity contribution in [2.24, 2.45) is 0 Å². The van der Waals surface area contributed by atoms with E-state index in [1.54, 1.807) is 0 Å². The van der Waals surface area contributed by atoms with Crippen molar-refractivity contribution in [2.75, 3.05) is 0 Å². The van der Waals surface area contributed by atoms with Gasteiger partial charge in [-0.15, -0.1) is 0 Å². The van der Waals surface area contributed by atoms with Crippen molar-refractivity contribution in [1.29, 1.82) is 0 Å². The first-order chi connectivity index (χ1) is 11.3. The van der Waals surface area contributed by atoms with Gasteiger partial charge in [0.15, 0.2) is 0 Å². The maximum atomic E-state index is 11.1. The molecule has 0 amide bonds. The molecule has 0 aliphatic carbocycles. The van der Waals surface area contributed by atoms with Crippen LogP contribution in [-0.4, -0.2) is 111 Å². The van der Waals surface area contributed by atoms with Gasteiger partial charge in [-0.25, -0.2) is 0 Å². The fraction of sp³-hybridized carbons (Fsp3) is 0. The molecule has 0 aliphatic rings. The van der Waals surface area contributed by atoms with Crippen molar-refractivity contribution in [1.82, 2.24) is 0 Å². The van der Waals surface area contributed by atoms with Crippen LogP contribution in [0.3, 0.4) is 0 Å². The SMILES string of the molecule is O.O.O.O.O.O.O.O.O.O.O.O.O.O.O.O.O=C([O-])c1ccc(C(=O)[O-])c2c(C(=O)[O-])ccc(C(=O)[O-])c12.O=O.[Ni+2].[Ni+2]. The van der Waals surface area contributed by atoms with Gasteiger partial charge in [-0.1, -0.05) is 24.3 Å². The molecule has 268 valence electrons. The minimum atomic E-state index is -1.81. The van der Waals surface area contributed by atoms with Gasteiger partial charge in [-0.05, 0) is 0 Å². The Kier molecular flexibility index (Phi) is 165. The predicted molar refractivity (Wildman–Crippen MR) is 126 cm³/mol. The van der Waals surface area contributed by atoms with Crippen LogP contribution in [0.15, 0.2) is 24.3 Å². The van der Waals surface area contributed by atoms with Crippen molar-refractivity contribution in [3.8, 4) is 0 Å². The largest absolute Gasteiger partial charge is 2.00 e. The van der Waals surface area contributed by atoms with Crippen LogP contribution in [0.2, 0.25) is 0 Å². The van der Waals surface area contributed by atoms with Crippen LogP contribution >= 0.6 is 0 Å². The molecule has 0 unspecified atom stereocenters. The van der Waals surface area contributed by atoms with E-state index in [2.05, 4.69) is 0 Å². The van der Waals surface area contributed by atoms with Gasteiger partial charge in [0.2, 0.25) is 0 Å². The maximum absolute atomic E-state index is 11.1. The van der Waals surface area contributed by atoms with Crippen LogP contribution in [0.25, 0.3) is 10.8 Å². The molecule has 2 aromatic carbocycles. The normalized spacial score (nSPS) is 5.52. The zero-order chi connectivity index (χ0) is 18.6. The smallest absolute Gasteiger partial charge is 0.545 e. The molecule has 0 saturated heterocycles. The topological polar surface area (TPSA) is 699 Å². The molecule has 0 spiro atoms. The second-order valence-corrected chi connectivity index (χ2v) is 4.22. The Labute approximate surface area is 251 Å². The summed E-state index contributed by atoms with van der Waals surface area (Å²) >= 11 is 0. The number of hydrogen-bond acceptors (Lipinski definition) is 10. The van der Waals surface area contributed by atoms with E-state index in [1.807, 2.05) is 0 Å². The van der Waals surface area contributed by atoms with Gasteiger partial charge < -0.3 is 127 Å². The Morgan fingerprint density at radius 1 is 0.333 bits per heavy atom. The summed E-state index contributed by atoms with van der Waals surface area (Å²) in [6.45, 7) is 0. The van der Waals surface area contributed by atoms with Crippen molar-refractivity contribution in [2.45, 2.75) is 0 Å². The van der Waals surface area contributed by atoms with Crippen LogP contribution in [0.5, 0.6) is 0 Å². The number of benzene rings is 2. The molecule has 0 aromatic heterocycles. The fourth-order valence-corrected chi connectivity index (χ4v) is 2.18. The summed E-state index contributed by atoms with van der Waals surface area (Å²) < 4.78 is 0. The Balaban J connectivity index is -0.0000000176. The molecule has 28 heteroatoms. The minimum Gasteiger partial charge on any atom is -0.545 e. The van der Waals surface area contributed by atoms with Gasteiger partial charge in [0, 0.05) is 43.0 Å². The molecular weight excluding hydrogens is 702 g/mol. The molecule has 2 aromatic rings. The number of carbonyl (C=O) groups excluding carboxylic acids is 4. The van der Waals surface area contributed by atoms with Crippen molar-refractivity contribution in [3.63, 3.8) is 0 Å². The van der Waals surface area contributed by atoms with Crippen LogP contribution in [-0.2, 0) is 33.0 Å². The quantitative estimate of drug-likeness (QED) is 0.267. The van der Waals surface area contributed by atoms with E-state index >= 15 is 0 Å². The molecule has 26 nitrogen and oxygen atoms in total. The number of fused-ring (bicyclic) bond motifs is 1. The van der Waals surface area contributed by atoms with Gasteiger partial charge in [-0.2, -0.15) is 0 Å². The minimum absolute atomic E-state index is 0. The van der Waals surface area contributed by atoms with E-state index in [1.165, 1.54) is 0 Å². The molecule has 0 heterocycles. The van der Waals surface area contributed by atoms with Gasteiger partial charge in [0.25, 0.3) is 0 Å². The zero-order valence-corrected chi connectivity index (χ0v) is 22.0. The summed E-state index contributed by atoms with van der Waals surface area (Å²) in [4.78, 5) is 58.4. The molecule has 0 atom stereocenters. The first-order valence-electron chi connectivity index (χ1n) is 5.87. The number of carboxylic acid groups (broad SMARTS) is 4. The third-order valence-corrected chi connectivity index (χ3v) is 3.04. The average molecular weight is 738 g/mol. The predicted octanol–water partition coefficient (Wildman–Crippen LogP) is -16.8. The van der Waals surface area contributed by atoms with Crippen LogP contribution < -0.4 is 20.4 Å². The van der Waals surface area contributed by atoms with E-state index in [9.17, 15) is 39.6 Å². The zero-order valence-electron chi connectivity index (χ0n) is 20.0. The van der Waals surface area contributed by atoms with Crippen LogP contribution in [0.4, 0.5) is 0 Å². The number of carboxylic acids is 4. The summed E-state index contributed by atoms with van der Waals surface area (Å²) in [5.74, 6) is -7.25. The monoisotopic (exact) mass is 736 g/mol. The average Bonchev–Trinajstić information content (AvgIpc) is 2.53. The summed E-state index contributed by atoms with van der Waals surface area (Å²) in [6.07, 6.45) is 0. The van der Waals surface area contributed by atoms with Gasteiger partial charge in [0.1, 0.15) is 0 Å². The number of hydrogen-bond donors (Lipinski definition) is 0. The first-order valence-corrected chi connectivity index (χ1v) is 5.87. The van der Waals surface area contributed by atoms with Crippen molar-refractivity contribution >= 4 is 34.6 Å². The molecule has 0 saturated carbocycles. The van der Waals surface area contributed by atoms with E-state index in [-0.39, 0.29) is 121 Å². The Bertz CT molecular complexity index is 756. The standard InChI is InChI=1S/C14H8O8.2Ni.O2.16H2O/c15-11(16)5-1-2-6(12(17)18)10-8(14(21)22)4-3-7(9(5)10)13(19)20;;;1-2;;;;;;;;;;;;;;;;/h1-4H,(H,15,16)(H,17,18)(H,19,20)(H,21,22);;;;16*1H2/q;2*+2;;;;;;;;;;;;;;;;;/p-4. The third kappa shape index (κ3) is 25.5. The fourth-order valence-electron chi connectivity index (χ4n) is 2.18. The molecule has 2 rings (SSSR count). The number of aromatic carboxylic acids is 4. The molecule has 0 aliphatic heterocycles. The molecule has 32 N–H and O–H groups in total. The molecule has 0 radical (unpaired) electrons. The summed E-state index contributed by atoms with van der Waals surface area (Å²) in [5, 5.41) is 43.1. The van der Waals surface area contributed by atoms with Crippen LogP contribution in [0.1, 0.15) is 41.4 Å². The van der Waals surface area contributed by atoms with E-state index in [4.69, 9.17) is 9.93 Å². The second-order valence-electron chi connectivity index (χ2n) is 4.22. The molecule has 0 bridgehead atoms. The summed E-state index contributed by atoms with van der Waals surface area (Å²) in [7, 11) is 0. The first kappa shape index (κ1) is 129. The Morgan fingerprint density at radius 3 is 0.500 bits per heavy atom. The summed E-state index contributed by atoms with van der Waals surface area (Å²) in [5.41, 5.74) is -2.77. The van der Waals surface area contributed by atoms with E-state index < -0.39 is 56.9 Å². The maximum Gasteiger partial charge on any atom is 2.00 e. The Hall–Kier alpha value is -3.47. The van der Waals surface area contributed by atoms with E-state index in [0.29, 0.717) is 0 Å². The van der Waals surface area contributed by atoms with Gasteiger partial charge in [-0.3, -0.25) is 0 Å². The molecular formula is C14H36Ni2O26. The summed E-state index contributed by atoms with van der Waals surface area (Å²) in [6, 6.07) is 3.14. The van der Waals surface area contributed by atoms with Crippen molar-refractivity contribution < 1.29 is 160 Å². The molecule has 42 heavy (non-hydrogen) atoms. The third-order valence-electron chi connectivity index (χ3n) is 3.04.